The lowest BCUT2D eigenvalue weighted by Crippen LogP contribution is -2.66. The number of ether oxygens (including phenoxy) is 1. The van der Waals surface area contributed by atoms with Gasteiger partial charge in [-0.3, -0.25) is 14.9 Å². The Morgan fingerprint density at radius 3 is 2.21 bits per heavy atom. The summed E-state index contributed by atoms with van der Waals surface area (Å²) in [4.78, 5) is 38.0. The van der Waals surface area contributed by atoms with Crippen LogP contribution in [0.2, 0.25) is 0 Å². The highest BCUT2D eigenvalue weighted by Crippen LogP contribution is 2.46. The summed E-state index contributed by atoms with van der Waals surface area (Å²) in [5, 5.41) is 2.76. The molecule has 0 saturated carbocycles. The first kappa shape index (κ1) is 20.9. The van der Waals surface area contributed by atoms with E-state index < -0.39 is 5.92 Å². The van der Waals surface area contributed by atoms with Gasteiger partial charge in [0.2, 0.25) is 5.95 Å². The molecule has 3 saturated heterocycles. The number of hydrogen-bond donors (Lipinski definition) is 1. The number of nitrogens with zero attached hydrogens (tertiary/aromatic N) is 4. The number of carbonyl (C=O) groups excluding carboxylic acids is 2. The van der Waals surface area contributed by atoms with Crippen molar-refractivity contribution in [3.05, 3.63) is 72.3 Å². The van der Waals surface area contributed by atoms with Crippen LogP contribution in [0.1, 0.15) is 29.9 Å². The van der Waals surface area contributed by atoms with Crippen LogP contribution in [0.4, 0.5) is 5.95 Å². The number of anilines is 1. The van der Waals surface area contributed by atoms with Gasteiger partial charge in [0.25, 0.3) is 5.91 Å². The zero-order valence-electron chi connectivity index (χ0n) is 18.8. The quantitative estimate of drug-likeness (QED) is 0.469. The van der Waals surface area contributed by atoms with Gasteiger partial charge in [-0.2, -0.15) is 0 Å². The highest BCUT2D eigenvalue weighted by atomic mass is 16.5. The Kier molecular flexibility index (Phi) is 5.10. The van der Waals surface area contributed by atoms with Crippen molar-refractivity contribution in [2.45, 2.75) is 24.9 Å². The van der Waals surface area contributed by atoms with Crippen LogP contribution in [0.5, 0.6) is 0 Å². The van der Waals surface area contributed by atoms with Gasteiger partial charge in [0.1, 0.15) is 25.1 Å². The topological polar surface area (TPSA) is 94.1 Å². The normalized spacial score (nSPS) is 24.8. The molecule has 4 aliphatic rings. The minimum Gasteiger partial charge on any atom is -0.455 e. The fourth-order valence-corrected chi connectivity index (χ4v) is 5.98. The van der Waals surface area contributed by atoms with E-state index >= 15 is 0 Å². The monoisotopic (exact) mass is 456 g/mol. The number of carbonyl (C=O) groups is 2. The molecule has 7 rings (SSSR count). The molecule has 34 heavy (non-hydrogen) atoms. The molecule has 172 valence electrons. The number of piperidine rings is 3. The largest absolute Gasteiger partial charge is 0.455 e. The minimum absolute atomic E-state index is 0.129. The van der Waals surface area contributed by atoms with E-state index in [1.165, 1.54) is 12.7 Å². The number of benzene rings is 2. The van der Waals surface area contributed by atoms with Crippen LogP contribution >= 0.6 is 0 Å². The number of nitrogens with one attached hydrogen (secondary N) is 1. The van der Waals surface area contributed by atoms with Gasteiger partial charge < -0.3 is 9.22 Å². The van der Waals surface area contributed by atoms with E-state index in [1.807, 2.05) is 36.4 Å². The summed E-state index contributed by atoms with van der Waals surface area (Å²) in [6, 6.07) is 16.2. The van der Waals surface area contributed by atoms with Crippen LogP contribution in [0.25, 0.3) is 11.1 Å². The maximum atomic E-state index is 13.6. The van der Waals surface area contributed by atoms with Crippen LogP contribution in [-0.2, 0) is 14.3 Å². The summed E-state index contributed by atoms with van der Waals surface area (Å²) in [5.41, 5.74) is 4.23. The average Bonchev–Trinajstić information content (AvgIpc) is 3.19. The highest BCUT2D eigenvalue weighted by molar-refractivity contribution is 5.93. The number of aromatic nitrogens is 3. The molecule has 3 fully saturated rings. The maximum absolute atomic E-state index is 13.6. The van der Waals surface area contributed by atoms with Crippen molar-refractivity contribution in [2.24, 2.45) is 5.92 Å². The van der Waals surface area contributed by atoms with Gasteiger partial charge >= 0.3 is 5.97 Å². The van der Waals surface area contributed by atoms with Gasteiger partial charge in [0.05, 0.1) is 13.1 Å². The fourth-order valence-electron chi connectivity index (χ4n) is 5.98. The van der Waals surface area contributed by atoms with Crippen molar-refractivity contribution in [1.82, 2.24) is 15.0 Å². The molecule has 0 spiro atoms. The predicted octanol–water partition coefficient (Wildman–Crippen LogP) is 2.77. The molecule has 4 heterocycles. The van der Waals surface area contributed by atoms with Gasteiger partial charge in [0.15, 0.2) is 12.6 Å². The van der Waals surface area contributed by atoms with E-state index in [-0.39, 0.29) is 23.9 Å². The molecule has 0 radical (unpaired) electrons. The lowest BCUT2D eigenvalue weighted by molar-refractivity contribution is -0.938. The van der Waals surface area contributed by atoms with Crippen LogP contribution in [-0.4, -0.2) is 63.6 Å². The number of fused-ring (bicyclic) bond motifs is 6. The van der Waals surface area contributed by atoms with Gasteiger partial charge in [-0.1, -0.05) is 48.5 Å². The van der Waals surface area contributed by atoms with Crippen molar-refractivity contribution in [2.75, 3.05) is 31.5 Å². The van der Waals surface area contributed by atoms with Crippen molar-refractivity contribution in [3.63, 3.8) is 0 Å². The summed E-state index contributed by atoms with van der Waals surface area (Å²) in [5.74, 6) is -0.114. The molecule has 2 bridgehead atoms. The number of amides is 1. The Bertz CT molecular complexity index is 1190. The minimum atomic E-state index is -0.400. The molecule has 8 nitrogen and oxygen atoms in total. The molecule has 1 aromatic heterocycles. The Labute approximate surface area is 197 Å². The molecular formula is C26H26N5O3+. The molecule has 1 aliphatic carbocycles. The van der Waals surface area contributed by atoms with E-state index in [1.54, 1.807) is 0 Å². The van der Waals surface area contributed by atoms with Crippen LogP contribution < -0.4 is 5.32 Å². The molecule has 1 N–H and O–H groups in total. The second kappa shape index (κ2) is 8.29. The maximum Gasteiger partial charge on any atom is 0.318 e. The Morgan fingerprint density at radius 2 is 1.56 bits per heavy atom. The van der Waals surface area contributed by atoms with Crippen LogP contribution in [0, 0.1) is 5.92 Å². The fraction of sp³-hybridized carbons (Fsp3) is 0.346. The summed E-state index contributed by atoms with van der Waals surface area (Å²) in [6.45, 7) is 2.81. The second-order valence-corrected chi connectivity index (χ2v) is 9.56. The molecule has 8 heteroatoms. The van der Waals surface area contributed by atoms with E-state index in [0.29, 0.717) is 23.5 Å². The van der Waals surface area contributed by atoms with Gasteiger partial charge in [0, 0.05) is 18.8 Å². The number of rotatable bonds is 5. The van der Waals surface area contributed by atoms with Crippen LogP contribution in [0.15, 0.2) is 61.2 Å². The molecule has 2 aromatic carbocycles. The van der Waals surface area contributed by atoms with Crippen molar-refractivity contribution >= 4 is 17.8 Å². The smallest absolute Gasteiger partial charge is 0.318 e. The van der Waals surface area contributed by atoms with E-state index in [4.69, 9.17) is 4.74 Å². The molecule has 0 unspecified atom stereocenters. The third-order valence-corrected chi connectivity index (χ3v) is 7.60. The number of hydrogen-bond acceptors (Lipinski definition) is 6. The summed E-state index contributed by atoms with van der Waals surface area (Å²) >= 11 is 0. The van der Waals surface area contributed by atoms with Crippen molar-refractivity contribution < 1.29 is 18.8 Å². The number of esters is 1. The standard InChI is InChI=1S/C26H25N5O3/c32-23(30-26-28-15-27-16-29-26)14-31-11-9-17(10-12-31)22(13-31)34-25(33)24-20-7-3-1-5-18(20)19-6-2-4-8-21(19)24/h1-8,15-17,22,24H,9-14H2/p+1/t17?,22-,31?/m0/s1. The van der Waals surface area contributed by atoms with Gasteiger partial charge in [-0.15, -0.1) is 0 Å². The Morgan fingerprint density at radius 1 is 0.941 bits per heavy atom. The summed E-state index contributed by atoms with van der Waals surface area (Å²) in [6.07, 6.45) is 4.44. The van der Waals surface area contributed by atoms with E-state index in [9.17, 15) is 9.59 Å². The van der Waals surface area contributed by atoms with E-state index in [0.717, 1.165) is 48.2 Å². The lowest BCUT2D eigenvalue weighted by Gasteiger charge is -2.51. The summed E-state index contributed by atoms with van der Waals surface area (Å²) in [7, 11) is 0. The first-order chi connectivity index (χ1) is 16.6. The third kappa shape index (κ3) is 3.64. The van der Waals surface area contributed by atoms with Gasteiger partial charge in [-0.25, -0.2) is 15.0 Å². The predicted molar refractivity (Wildman–Crippen MR) is 125 cm³/mol. The second-order valence-electron chi connectivity index (χ2n) is 9.56. The molecule has 1 atom stereocenters. The highest BCUT2D eigenvalue weighted by Gasteiger charge is 2.49. The van der Waals surface area contributed by atoms with Crippen molar-refractivity contribution in [3.8, 4) is 11.1 Å². The lowest BCUT2D eigenvalue weighted by atomic mass is 9.83. The molecule has 1 amide bonds. The van der Waals surface area contributed by atoms with Crippen LogP contribution in [0.3, 0.4) is 0 Å². The third-order valence-electron chi connectivity index (χ3n) is 7.60. The van der Waals surface area contributed by atoms with E-state index in [2.05, 4.69) is 32.4 Å². The zero-order chi connectivity index (χ0) is 23.1. The molecule has 3 aliphatic heterocycles. The number of quaternary nitrogens is 1. The van der Waals surface area contributed by atoms with Crippen molar-refractivity contribution in [1.29, 1.82) is 0 Å². The zero-order valence-corrected chi connectivity index (χ0v) is 18.8. The summed E-state index contributed by atoms with van der Waals surface area (Å²) < 4.78 is 6.86. The first-order valence-corrected chi connectivity index (χ1v) is 11.8. The molecular weight excluding hydrogens is 430 g/mol. The Hall–Kier alpha value is -3.65. The SMILES string of the molecule is O=C(C[N+]12CCC(CC1)[C@@H](OC(=O)C1c3ccccc3-c3ccccc31)C2)Nc1ncncn1. The average molecular weight is 457 g/mol. The molecule has 3 aromatic rings. The Balaban J connectivity index is 1.18. The first-order valence-electron chi connectivity index (χ1n) is 11.8. The van der Waals surface area contributed by atoms with Gasteiger partial charge in [-0.05, 0) is 22.3 Å².